The molecule has 1 aromatic heterocycles. The van der Waals surface area contributed by atoms with E-state index in [9.17, 15) is 9.50 Å². The molecule has 2 heterocycles. The molecular formula is C22H33FN4O3. The maximum absolute atomic E-state index is 13.0. The molecule has 0 unspecified atom stereocenters. The summed E-state index contributed by atoms with van der Waals surface area (Å²) in [5.74, 6) is 1.09. The second kappa shape index (κ2) is 10.8. The number of nitrogens with zero attached hydrogens (tertiary/aromatic N) is 3. The Hall–Kier alpha value is -2.06. The van der Waals surface area contributed by atoms with Crippen molar-refractivity contribution in [3.8, 4) is 5.88 Å². The van der Waals surface area contributed by atoms with E-state index in [0.717, 1.165) is 55.3 Å². The molecule has 2 fully saturated rings. The lowest BCUT2D eigenvalue weighted by atomic mass is 9.82. The van der Waals surface area contributed by atoms with E-state index in [-0.39, 0.29) is 24.1 Å². The van der Waals surface area contributed by atoms with Crippen LogP contribution in [0.1, 0.15) is 62.5 Å². The summed E-state index contributed by atoms with van der Waals surface area (Å²) in [6, 6.07) is -0.414. The molecule has 0 spiro atoms. The van der Waals surface area contributed by atoms with Crippen LogP contribution in [-0.2, 0) is 4.74 Å². The molecule has 166 valence electrons. The number of aliphatic imine (C=N–C) groups is 2. The zero-order valence-corrected chi connectivity index (χ0v) is 17.9. The van der Waals surface area contributed by atoms with E-state index < -0.39 is 12.7 Å². The van der Waals surface area contributed by atoms with Crippen molar-refractivity contribution in [3.63, 3.8) is 0 Å². The molecule has 1 saturated carbocycles. The zero-order chi connectivity index (χ0) is 21.5. The fourth-order valence-corrected chi connectivity index (χ4v) is 3.99. The van der Waals surface area contributed by atoms with Crippen LogP contribution in [0.5, 0.6) is 5.88 Å². The molecule has 0 bridgehead atoms. The number of hydrogen-bond acceptors (Lipinski definition) is 5. The number of aliphatic hydroxyl groups excluding tert-OH is 1. The molecule has 1 atom stereocenters. The molecule has 30 heavy (non-hydrogen) atoms. The molecule has 1 saturated heterocycles. The monoisotopic (exact) mass is 420 g/mol. The number of ether oxygens (including phenoxy) is 2. The number of nitrogens with one attached hydrogen (secondary N) is 1. The van der Waals surface area contributed by atoms with Crippen molar-refractivity contribution < 1.29 is 19.0 Å². The van der Waals surface area contributed by atoms with Gasteiger partial charge in [0.1, 0.15) is 12.8 Å². The first-order chi connectivity index (χ1) is 14.5. The number of pyridine rings is 1. The van der Waals surface area contributed by atoms with Crippen molar-refractivity contribution in [3.05, 3.63) is 17.3 Å². The van der Waals surface area contributed by atoms with E-state index in [0.29, 0.717) is 19.1 Å². The minimum atomic E-state index is -0.532. The summed E-state index contributed by atoms with van der Waals surface area (Å²) in [6.07, 6.45) is 6.59. The second-order valence-electron chi connectivity index (χ2n) is 8.22. The average Bonchev–Trinajstić information content (AvgIpc) is 2.77. The number of aromatic nitrogens is 1. The van der Waals surface area contributed by atoms with Gasteiger partial charge in [-0.25, -0.2) is 19.4 Å². The molecule has 2 aliphatic rings. The Bertz CT molecular complexity index is 744. The SMILES string of the molecule is C=N/C(=N\c1c(C)c(OC2CCOCC2)ncc1[C@H]1CC[C@H](O)CC1)N[C@@H](C)CF. The van der Waals surface area contributed by atoms with Crippen LogP contribution in [0.25, 0.3) is 0 Å². The number of guanidine groups is 1. The molecule has 7 nitrogen and oxygen atoms in total. The van der Waals surface area contributed by atoms with E-state index in [2.05, 4.69) is 22.0 Å². The normalized spacial score (nSPS) is 24.3. The van der Waals surface area contributed by atoms with Gasteiger partial charge in [-0.2, -0.15) is 0 Å². The summed E-state index contributed by atoms with van der Waals surface area (Å²) in [5, 5.41) is 12.8. The molecule has 0 radical (unpaired) electrons. The fraction of sp³-hybridized carbons (Fsp3) is 0.682. The minimum Gasteiger partial charge on any atom is -0.474 e. The molecule has 1 aromatic rings. The van der Waals surface area contributed by atoms with Crippen molar-refractivity contribution in [1.29, 1.82) is 0 Å². The van der Waals surface area contributed by atoms with E-state index in [1.807, 2.05) is 13.1 Å². The Morgan fingerprint density at radius 1 is 1.33 bits per heavy atom. The lowest BCUT2D eigenvalue weighted by molar-refractivity contribution is 0.0234. The van der Waals surface area contributed by atoms with Crippen LogP contribution in [0.3, 0.4) is 0 Å². The van der Waals surface area contributed by atoms with Gasteiger partial charge in [0.05, 0.1) is 31.0 Å². The van der Waals surface area contributed by atoms with Crippen LogP contribution < -0.4 is 10.1 Å². The standard InChI is InChI=1S/C22H33FN4O3/c1-14(12-23)26-22(24-3)27-20-15(2)21(30-18-8-10-29-11-9-18)25-13-19(20)16-4-6-17(28)7-5-16/h13-14,16-18,28H,3-12H2,1-2H3,(H,25,26,27)/t14-,16-,17-/m0/s1. The number of aliphatic hydroxyl groups is 1. The lowest BCUT2D eigenvalue weighted by Gasteiger charge is -2.28. The van der Waals surface area contributed by atoms with Crippen LogP contribution in [0, 0.1) is 6.92 Å². The van der Waals surface area contributed by atoms with Crippen molar-refractivity contribution in [2.24, 2.45) is 9.98 Å². The highest BCUT2D eigenvalue weighted by Crippen LogP contribution is 2.41. The van der Waals surface area contributed by atoms with E-state index in [1.54, 1.807) is 6.92 Å². The predicted octanol–water partition coefficient (Wildman–Crippen LogP) is 3.60. The molecule has 0 aromatic carbocycles. The highest BCUT2D eigenvalue weighted by atomic mass is 19.1. The van der Waals surface area contributed by atoms with Gasteiger partial charge in [-0.05, 0) is 57.7 Å². The molecule has 2 N–H and O–H groups in total. The highest BCUT2D eigenvalue weighted by Gasteiger charge is 2.26. The molecule has 0 amide bonds. The van der Waals surface area contributed by atoms with E-state index in [4.69, 9.17) is 14.5 Å². The molecule has 1 aliphatic heterocycles. The molecule has 8 heteroatoms. The van der Waals surface area contributed by atoms with Gasteiger partial charge < -0.3 is 19.9 Å². The zero-order valence-electron chi connectivity index (χ0n) is 17.9. The summed E-state index contributed by atoms with van der Waals surface area (Å²) in [6.45, 7) is 8.10. The predicted molar refractivity (Wildman–Crippen MR) is 116 cm³/mol. The topological polar surface area (TPSA) is 88.3 Å². The van der Waals surface area contributed by atoms with Gasteiger partial charge >= 0.3 is 0 Å². The Morgan fingerprint density at radius 3 is 2.67 bits per heavy atom. The van der Waals surface area contributed by atoms with Crippen LogP contribution in [0.15, 0.2) is 16.2 Å². The highest BCUT2D eigenvalue weighted by molar-refractivity contribution is 5.87. The van der Waals surface area contributed by atoms with Crippen LogP contribution in [-0.4, -0.2) is 60.9 Å². The average molecular weight is 421 g/mol. The Morgan fingerprint density at radius 2 is 2.03 bits per heavy atom. The summed E-state index contributed by atoms with van der Waals surface area (Å²) >= 11 is 0. The molecule has 1 aliphatic carbocycles. The van der Waals surface area contributed by atoms with Crippen molar-refractivity contribution in [2.45, 2.75) is 76.5 Å². The number of alkyl halides is 1. The quantitative estimate of drug-likeness (QED) is 0.542. The molecule has 3 rings (SSSR count). The molecular weight excluding hydrogens is 387 g/mol. The van der Waals surface area contributed by atoms with Gasteiger partial charge in [-0.3, -0.25) is 0 Å². The smallest absolute Gasteiger partial charge is 0.222 e. The van der Waals surface area contributed by atoms with Gasteiger partial charge in [0, 0.05) is 24.6 Å². The third kappa shape index (κ3) is 5.76. The summed E-state index contributed by atoms with van der Waals surface area (Å²) < 4.78 is 24.6. The Labute approximate surface area is 177 Å². The van der Waals surface area contributed by atoms with E-state index >= 15 is 0 Å². The number of halogens is 1. The van der Waals surface area contributed by atoms with E-state index in [1.165, 1.54) is 0 Å². The first-order valence-corrected chi connectivity index (χ1v) is 10.8. The number of hydrogen-bond donors (Lipinski definition) is 2. The second-order valence-corrected chi connectivity index (χ2v) is 8.22. The van der Waals surface area contributed by atoms with Crippen LogP contribution in [0.2, 0.25) is 0 Å². The van der Waals surface area contributed by atoms with Gasteiger partial charge in [0.2, 0.25) is 11.8 Å². The summed E-state index contributed by atoms with van der Waals surface area (Å²) in [5.41, 5.74) is 2.59. The van der Waals surface area contributed by atoms with Gasteiger partial charge in [-0.15, -0.1) is 0 Å². The maximum atomic E-state index is 13.0. The third-order valence-electron chi connectivity index (χ3n) is 5.83. The van der Waals surface area contributed by atoms with Gasteiger partial charge in [-0.1, -0.05) is 0 Å². The fourth-order valence-electron chi connectivity index (χ4n) is 3.99. The minimum absolute atomic E-state index is 0.0686. The third-order valence-corrected chi connectivity index (χ3v) is 5.83. The lowest BCUT2D eigenvalue weighted by Crippen LogP contribution is -2.32. The van der Waals surface area contributed by atoms with Crippen LogP contribution in [0.4, 0.5) is 10.1 Å². The van der Waals surface area contributed by atoms with Crippen molar-refractivity contribution in [2.75, 3.05) is 19.9 Å². The number of rotatable bonds is 6. The largest absolute Gasteiger partial charge is 0.474 e. The van der Waals surface area contributed by atoms with Crippen LogP contribution >= 0.6 is 0 Å². The van der Waals surface area contributed by atoms with Crippen molar-refractivity contribution in [1.82, 2.24) is 10.3 Å². The van der Waals surface area contributed by atoms with Crippen molar-refractivity contribution >= 4 is 18.4 Å². The van der Waals surface area contributed by atoms with Gasteiger partial charge in [0.15, 0.2) is 0 Å². The first kappa shape index (κ1) is 22.6. The summed E-state index contributed by atoms with van der Waals surface area (Å²) in [7, 11) is 0. The Kier molecular flexibility index (Phi) is 8.16. The maximum Gasteiger partial charge on any atom is 0.222 e. The first-order valence-electron chi connectivity index (χ1n) is 10.8. The summed E-state index contributed by atoms with van der Waals surface area (Å²) in [4.78, 5) is 13.3. The Balaban J connectivity index is 1.94. The van der Waals surface area contributed by atoms with Gasteiger partial charge in [0.25, 0.3) is 0 Å².